The lowest BCUT2D eigenvalue weighted by Crippen LogP contribution is -2.17. The highest BCUT2D eigenvalue weighted by molar-refractivity contribution is 7.13. The number of pyridine rings is 1. The first-order valence-corrected chi connectivity index (χ1v) is 10.4. The number of nitrogens with zero attached hydrogens (tertiary/aromatic N) is 3. The number of benzene rings is 1. The van der Waals surface area contributed by atoms with Gasteiger partial charge in [0, 0.05) is 11.8 Å². The van der Waals surface area contributed by atoms with Crippen LogP contribution in [0.4, 0.5) is 5.82 Å². The molecule has 4 aromatic heterocycles. The van der Waals surface area contributed by atoms with E-state index in [1.807, 2.05) is 83.6 Å². The van der Waals surface area contributed by atoms with Gasteiger partial charge in [-0.2, -0.15) is 0 Å². The Labute approximate surface area is 176 Å². The fourth-order valence-electron chi connectivity index (χ4n) is 3.34. The van der Waals surface area contributed by atoms with Crippen LogP contribution in [0.2, 0.25) is 0 Å². The number of hydrogen-bond donors (Lipinski definition) is 1. The minimum Gasteiger partial charge on any atom is -0.440 e. The number of fused-ring (bicyclic) bond motifs is 1. The predicted molar refractivity (Wildman–Crippen MR) is 118 cm³/mol. The summed E-state index contributed by atoms with van der Waals surface area (Å²) in [7, 11) is 0. The van der Waals surface area contributed by atoms with Crippen LogP contribution in [0.15, 0.2) is 76.7 Å². The smallest absolute Gasteiger partial charge is 0.236 e. The van der Waals surface area contributed by atoms with E-state index < -0.39 is 0 Å². The molecule has 30 heavy (non-hydrogen) atoms. The third kappa shape index (κ3) is 3.40. The Balaban J connectivity index is 1.45. The maximum absolute atomic E-state index is 12.9. The zero-order chi connectivity index (χ0) is 20.5. The Kier molecular flexibility index (Phi) is 4.65. The lowest BCUT2D eigenvalue weighted by molar-refractivity contribution is -0.115. The maximum Gasteiger partial charge on any atom is 0.236 e. The highest BCUT2D eigenvalue weighted by Crippen LogP contribution is 2.29. The summed E-state index contributed by atoms with van der Waals surface area (Å²) in [5.74, 6) is 1.66. The van der Waals surface area contributed by atoms with Crippen LogP contribution >= 0.6 is 11.3 Å². The Morgan fingerprint density at radius 2 is 1.90 bits per heavy atom. The Hall–Kier alpha value is -3.71. The molecule has 0 unspecified atom stereocenters. The van der Waals surface area contributed by atoms with Crippen LogP contribution in [0.1, 0.15) is 11.5 Å². The number of carbonyl (C=O) groups excluding carboxylic acids is 1. The zero-order valence-corrected chi connectivity index (χ0v) is 17.0. The number of imidazole rings is 1. The molecule has 4 heterocycles. The van der Waals surface area contributed by atoms with Crippen LogP contribution in [0.25, 0.3) is 27.7 Å². The van der Waals surface area contributed by atoms with E-state index in [9.17, 15) is 4.79 Å². The standard InChI is InChI=1S/C23H18N4O2S/c1-15-17(24-23(29-15)18-10-7-13-30-18)14-20(28)26-22-21(16-8-3-2-4-9-16)25-19-11-5-6-12-27(19)22/h2-13H,14H2,1H3,(H,26,28). The number of anilines is 1. The summed E-state index contributed by atoms with van der Waals surface area (Å²) in [5.41, 5.74) is 3.07. The largest absolute Gasteiger partial charge is 0.440 e. The minimum absolute atomic E-state index is 0.120. The van der Waals surface area contributed by atoms with Crippen molar-refractivity contribution < 1.29 is 9.21 Å². The SMILES string of the molecule is Cc1oc(-c2cccs2)nc1CC(=O)Nc1c(-c2ccccc2)nc2ccccn12. The van der Waals surface area contributed by atoms with E-state index in [-0.39, 0.29) is 12.3 Å². The normalized spacial score (nSPS) is 11.1. The van der Waals surface area contributed by atoms with E-state index in [4.69, 9.17) is 9.40 Å². The average Bonchev–Trinajstić information content (AvgIpc) is 3.49. The van der Waals surface area contributed by atoms with Crippen molar-refractivity contribution in [2.24, 2.45) is 0 Å². The van der Waals surface area contributed by atoms with Crippen molar-refractivity contribution >= 4 is 28.7 Å². The molecule has 0 spiro atoms. The number of thiophene rings is 1. The summed E-state index contributed by atoms with van der Waals surface area (Å²) in [4.78, 5) is 23.1. The van der Waals surface area contributed by atoms with Crippen LogP contribution in [0.3, 0.4) is 0 Å². The molecule has 5 aromatic rings. The molecule has 0 fully saturated rings. The van der Waals surface area contributed by atoms with E-state index in [1.54, 1.807) is 11.3 Å². The van der Waals surface area contributed by atoms with Gasteiger partial charge in [-0.05, 0) is 30.5 Å². The number of nitrogens with one attached hydrogen (secondary N) is 1. The summed E-state index contributed by atoms with van der Waals surface area (Å²) in [6, 6.07) is 19.5. The van der Waals surface area contributed by atoms with Gasteiger partial charge in [-0.3, -0.25) is 9.20 Å². The molecule has 0 bridgehead atoms. The van der Waals surface area contributed by atoms with E-state index in [0.29, 0.717) is 23.2 Å². The molecule has 0 aliphatic rings. The third-order valence-electron chi connectivity index (χ3n) is 4.79. The van der Waals surface area contributed by atoms with Gasteiger partial charge >= 0.3 is 0 Å². The van der Waals surface area contributed by atoms with Crippen LogP contribution in [0.5, 0.6) is 0 Å². The Morgan fingerprint density at radius 3 is 2.70 bits per heavy atom. The summed E-state index contributed by atoms with van der Waals surface area (Å²) >= 11 is 1.55. The van der Waals surface area contributed by atoms with Gasteiger partial charge in [-0.1, -0.05) is 42.5 Å². The first-order chi connectivity index (χ1) is 14.7. The second kappa shape index (κ2) is 7.61. The van der Waals surface area contributed by atoms with E-state index in [2.05, 4.69) is 10.3 Å². The summed E-state index contributed by atoms with van der Waals surface area (Å²) in [6.07, 6.45) is 2.01. The van der Waals surface area contributed by atoms with Crippen molar-refractivity contribution in [3.05, 3.63) is 83.7 Å². The number of hydrogen-bond acceptors (Lipinski definition) is 5. The van der Waals surface area contributed by atoms with Crippen molar-refractivity contribution in [1.82, 2.24) is 14.4 Å². The molecule has 0 aliphatic carbocycles. The summed E-state index contributed by atoms with van der Waals surface area (Å²) < 4.78 is 7.64. The lowest BCUT2D eigenvalue weighted by Gasteiger charge is -2.07. The number of aryl methyl sites for hydroxylation is 1. The van der Waals surface area contributed by atoms with Gasteiger partial charge in [-0.15, -0.1) is 11.3 Å². The summed E-state index contributed by atoms with van der Waals surface area (Å²) in [6.45, 7) is 1.83. The topological polar surface area (TPSA) is 72.4 Å². The second-order valence-corrected chi connectivity index (χ2v) is 7.78. The highest BCUT2D eigenvalue weighted by atomic mass is 32.1. The van der Waals surface area contributed by atoms with Crippen molar-refractivity contribution in [2.45, 2.75) is 13.3 Å². The van der Waals surface area contributed by atoms with Crippen molar-refractivity contribution in [3.63, 3.8) is 0 Å². The van der Waals surface area contributed by atoms with E-state index in [0.717, 1.165) is 21.8 Å². The Bertz CT molecular complexity index is 1320. The lowest BCUT2D eigenvalue weighted by atomic mass is 10.1. The fraction of sp³-hybridized carbons (Fsp3) is 0.0870. The predicted octanol–water partition coefficient (Wildman–Crippen LogP) is 5.21. The number of carbonyl (C=O) groups is 1. The number of amides is 1. The molecule has 0 saturated carbocycles. The first-order valence-electron chi connectivity index (χ1n) is 9.51. The second-order valence-electron chi connectivity index (χ2n) is 6.83. The molecule has 6 nitrogen and oxygen atoms in total. The van der Waals surface area contributed by atoms with Crippen molar-refractivity contribution in [1.29, 1.82) is 0 Å². The van der Waals surface area contributed by atoms with Crippen molar-refractivity contribution in [2.75, 3.05) is 5.32 Å². The molecular weight excluding hydrogens is 396 g/mol. The average molecular weight is 414 g/mol. The van der Waals surface area contributed by atoms with Gasteiger partial charge in [0.1, 0.15) is 22.9 Å². The number of aromatic nitrogens is 3. The molecular formula is C23H18N4O2S. The molecule has 5 rings (SSSR count). The van der Waals surface area contributed by atoms with Crippen molar-refractivity contribution in [3.8, 4) is 22.0 Å². The molecule has 7 heteroatoms. The number of rotatable bonds is 5. The molecule has 0 saturated heterocycles. The van der Waals surface area contributed by atoms with Crippen LogP contribution in [-0.4, -0.2) is 20.3 Å². The van der Waals surface area contributed by atoms with Gasteiger partial charge in [0.15, 0.2) is 0 Å². The molecule has 1 aromatic carbocycles. The molecule has 0 atom stereocenters. The van der Waals surface area contributed by atoms with E-state index in [1.165, 1.54) is 0 Å². The Morgan fingerprint density at radius 1 is 1.07 bits per heavy atom. The van der Waals surface area contributed by atoms with Gasteiger partial charge in [0.2, 0.25) is 11.8 Å². The summed E-state index contributed by atoms with van der Waals surface area (Å²) in [5, 5.41) is 5.00. The quantitative estimate of drug-likeness (QED) is 0.429. The maximum atomic E-state index is 12.9. The van der Waals surface area contributed by atoms with E-state index >= 15 is 0 Å². The molecule has 1 amide bonds. The number of oxazole rings is 1. The van der Waals surface area contributed by atoms with Crippen LogP contribution < -0.4 is 5.32 Å². The fourth-order valence-corrected chi connectivity index (χ4v) is 3.99. The zero-order valence-electron chi connectivity index (χ0n) is 16.2. The third-order valence-corrected chi connectivity index (χ3v) is 5.65. The van der Waals surface area contributed by atoms with Gasteiger partial charge in [-0.25, -0.2) is 9.97 Å². The van der Waals surface area contributed by atoms with Gasteiger partial charge < -0.3 is 9.73 Å². The van der Waals surface area contributed by atoms with Gasteiger partial charge in [0.05, 0.1) is 17.0 Å². The molecule has 1 N–H and O–H groups in total. The van der Waals surface area contributed by atoms with Crippen LogP contribution in [0, 0.1) is 6.92 Å². The first kappa shape index (κ1) is 18.3. The highest BCUT2D eigenvalue weighted by Gasteiger charge is 2.19. The molecule has 148 valence electrons. The monoisotopic (exact) mass is 414 g/mol. The van der Waals surface area contributed by atoms with Crippen LogP contribution in [-0.2, 0) is 11.2 Å². The molecule has 0 aliphatic heterocycles. The minimum atomic E-state index is -0.174. The van der Waals surface area contributed by atoms with Gasteiger partial charge in [0.25, 0.3) is 0 Å². The molecule has 0 radical (unpaired) electrons.